The molecule has 2 aromatic rings. The Bertz CT molecular complexity index is 790. The molecule has 0 unspecified atom stereocenters. The predicted molar refractivity (Wildman–Crippen MR) is 94.8 cm³/mol. The van der Waals surface area contributed by atoms with E-state index in [-0.39, 0.29) is 11.5 Å². The molecule has 0 fully saturated rings. The molecule has 0 bridgehead atoms. The zero-order valence-corrected chi connectivity index (χ0v) is 14.4. The maximum absolute atomic E-state index is 12.2. The lowest BCUT2D eigenvalue weighted by atomic mass is 10.1. The Morgan fingerprint density at radius 3 is 2.44 bits per heavy atom. The minimum Gasteiger partial charge on any atom is -0.504 e. The van der Waals surface area contributed by atoms with Crippen molar-refractivity contribution in [2.24, 2.45) is 0 Å². The number of phenols is 1. The summed E-state index contributed by atoms with van der Waals surface area (Å²) in [5, 5.41) is 9.54. The van der Waals surface area contributed by atoms with Gasteiger partial charge in [-0.1, -0.05) is 35.9 Å². The molecule has 0 saturated heterocycles. The average Bonchev–Trinajstić information content (AvgIpc) is 2.61. The first-order chi connectivity index (χ1) is 11.9. The lowest BCUT2D eigenvalue weighted by Gasteiger charge is -2.11. The van der Waals surface area contributed by atoms with Crippen molar-refractivity contribution in [3.05, 3.63) is 65.2 Å². The number of Topliss-reactive ketones (excluding diaryl/α,β-unsaturated/α-hetero) is 1. The zero-order chi connectivity index (χ0) is 18.4. The third-order valence-corrected chi connectivity index (χ3v) is 3.61. The lowest BCUT2D eigenvalue weighted by Crippen LogP contribution is -2.23. The van der Waals surface area contributed by atoms with Crippen LogP contribution in [-0.2, 0) is 9.53 Å². The molecule has 0 heterocycles. The summed E-state index contributed by atoms with van der Waals surface area (Å²) in [6, 6.07) is 11.8. The van der Waals surface area contributed by atoms with Gasteiger partial charge in [0, 0.05) is 11.6 Å². The number of methoxy groups -OCH3 is 1. The molecule has 1 atom stereocenters. The molecule has 130 valence electrons. The molecular weight excluding hydrogens is 320 g/mol. The summed E-state index contributed by atoms with van der Waals surface area (Å²) in [6.45, 7) is 3.47. The van der Waals surface area contributed by atoms with Crippen LogP contribution in [0.1, 0.15) is 28.4 Å². The van der Waals surface area contributed by atoms with Gasteiger partial charge in [0.1, 0.15) is 0 Å². The molecule has 0 aliphatic carbocycles. The maximum Gasteiger partial charge on any atom is 0.331 e. The summed E-state index contributed by atoms with van der Waals surface area (Å²) in [5.74, 6) is -0.564. The van der Waals surface area contributed by atoms with Crippen LogP contribution in [0.4, 0.5) is 0 Å². The minimum absolute atomic E-state index is 0.0135. The predicted octanol–water partition coefficient (Wildman–Crippen LogP) is 3.54. The fourth-order valence-electron chi connectivity index (χ4n) is 2.18. The summed E-state index contributed by atoms with van der Waals surface area (Å²) in [6.07, 6.45) is 1.87. The first-order valence-corrected chi connectivity index (χ1v) is 7.77. The van der Waals surface area contributed by atoms with E-state index >= 15 is 0 Å². The van der Waals surface area contributed by atoms with Crippen LogP contribution in [0, 0.1) is 6.92 Å². The Hall–Kier alpha value is -3.08. The van der Waals surface area contributed by atoms with Gasteiger partial charge in [-0.2, -0.15) is 0 Å². The van der Waals surface area contributed by atoms with Crippen LogP contribution in [0.25, 0.3) is 6.08 Å². The van der Waals surface area contributed by atoms with Crippen molar-refractivity contribution in [2.75, 3.05) is 7.11 Å². The van der Waals surface area contributed by atoms with Gasteiger partial charge in [-0.25, -0.2) is 4.79 Å². The highest BCUT2D eigenvalue weighted by molar-refractivity contribution is 6.01. The van der Waals surface area contributed by atoms with Gasteiger partial charge in [-0.15, -0.1) is 0 Å². The van der Waals surface area contributed by atoms with Crippen molar-refractivity contribution in [1.29, 1.82) is 0 Å². The number of phenolic OH excluding ortho intramolecular Hbond substituents is 1. The number of ketones is 1. The molecule has 5 heteroatoms. The first kappa shape index (κ1) is 18.3. The Morgan fingerprint density at radius 1 is 1.12 bits per heavy atom. The number of benzene rings is 2. The van der Waals surface area contributed by atoms with E-state index in [4.69, 9.17) is 9.47 Å². The number of carbonyl (C=O) groups excluding carboxylic acids is 2. The number of esters is 1. The molecule has 25 heavy (non-hydrogen) atoms. The van der Waals surface area contributed by atoms with Gasteiger partial charge in [-0.3, -0.25) is 4.79 Å². The van der Waals surface area contributed by atoms with E-state index in [1.54, 1.807) is 24.3 Å². The third-order valence-electron chi connectivity index (χ3n) is 3.61. The summed E-state index contributed by atoms with van der Waals surface area (Å²) >= 11 is 0. The summed E-state index contributed by atoms with van der Waals surface area (Å²) in [7, 11) is 1.44. The third kappa shape index (κ3) is 4.94. The summed E-state index contributed by atoms with van der Waals surface area (Å²) in [5.41, 5.74) is 2.20. The largest absolute Gasteiger partial charge is 0.504 e. The van der Waals surface area contributed by atoms with Crippen LogP contribution in [0.2, 0.25) is 0 Å². The molecule has 5 nitrogen and oxygen atoms in total. The fourth-order valence-corrected chi connectivity index (χ4v) is 2.18. The highest BCUT2D eigenvalue weighted by Gasteiger charge is 2.18. The first-order valence-electron chi connectivity index (χ1n) is 7.77. The van der Waals surface area contributed by atoms with Crippen molar-refractivity contribution >= 4 is 17.8 Å². The Labute approximate surface area is 146 Å². The topological polar surface area (TPSA) is 72.8 Å². The van der Waals surface area contributed by atoms with Gasteiger partial charge >= 0.3 is 5.97 Å². The van der Waals surface area contributed by atoms with Gasteiger partial charge in [0.2, 0.25) is 5.78 Å². The molecule has 0 aliphatic heterocycles. The number of aryl methyl sites for hydroxylation is 1. The van der Waals surface area contributed by atoms with Crippen molar-refractivity contribution in [1.82, 2.24) is 0 Å². The van der Waals surface area contributed by atoms with E-state index in [0.717, 1.165) is 5.56 Å². The van der Waals surface area contributed by atoms with E-state index in [1.807, 2.05) is 19.1 Å². The molecule has 2 rings (SSSR count). The zero-order valence-electron chi connectivity index (χ0n) is 14.4. The van der Waals surface area contributed by atoms with E-state index < -0.39 is 12.1 Å². The quantitative estimate of drug-likeness (QED) is 0.495. The Kier molecular flexibility index (Phi) is 5.95. The summed E-state index contributed by atoms with van der Waals surface area (Å²) < 4.78 is 10.1. The van der Waals surface area contributed by atoms with Crippen molar-refractivity contribution in [3.63, 3.8) is 0 Å². The second kappa shape index (κ2) is 8.15. The van der Waals surface area contributed by atoms with E-state index in [1.165, 1.54) is 32.3 Å². The number of carbonyl (C=O) groups is 2. The number of aromatic hydroxyl groups is 1. The van der Waals surface area contributed by atoms with Gasteiger partial charge in [0.25, 0.3) is 0 Å². The second-order valence-corrected chi connectivity index (χ2v) is 5.57. The van der Waals surface area contributed by atoms with Gasteiger partial charge in [0.15, 0.2) is 17.6 Å². The molecule has 0 aromatic heterocycles. The monoisotopic (exact) mass is 340 g/mol. The maximum atomic E-state index is 12.2. The molecule has 0 spiro atoms. The van der Waals surface area contributed by atoms with Crippen molar-refractivity contribution in [3.8, 4) is 11.5 Å². The second-order valence-electron chi connectivity index (χ2n) is 5.57. The smallest absolute Gasteiger partial charge is 0.331 e. The van der Waals surface area contributed by atoms with E-state index in [0.29, 0.717) is 16.9 Å². The van der Waals surface area contributed by atoms with Crippen LogP contribution in [0.5, 0.6) is 11.5 Å². The van der Waals surface area contributed by atoms with E-state index in [9.17, 15) is 14.7 Å². The molecular formula is C20H20O5. The normalized spacial score (nSPS) is 12.0. The standard InChI is InChI=1S/C20H20O5/c1-13-4-8-16(9-5-13)20(23)14(2)25-19(22)11-7-15-6-10-17(21)18(12-15)24-3/h4-12,14,21H,1-3H3/b11-7+/t14-/m1/s1. The Balaban J connectivity index is 1.99. The Morgan fingerprint density at radius 2 is 1.80 bits per heavy atom. The number of hydrogen-bond donors (Lipinski definition) is 1. The highest BCUT2D eigenvalue weighted by Crippen LogP contribution is 2.26. The SMILES string of the molecule is COc1cc(/C=C/C(=O)O[C@H](C)C(=O)c2ccc(C)cc2)ccc1O. The highest BCUT2D eigenvalue weighted by atomic mass is 16.5. The molecule has 0 aliphatic rings. The van der Waals surface area contributed by atoms with Crippen LogP contribution >= 0.6 is 0 Å². The number of ether oxygens (including phenoxy) is 2. The molecule has 0 radical (unpaired) electrons. The lowest BCUT2D eigenvalue weighted by molar-refractivity contribution is -0.140. The van der Waals surface area contributed by atoms with Crippen LogP contribution < -0.4 is 4.74 Å². The molecule has 0 amide bonds. The number of hydrogen-bond acceptors (Lipinski definition) is 5. The summed E-state index contributed by atoms with van der Waals surface area (Å²) in [4.78, 5) is 24.1. The van der Waals surface area contributed by atoms with Crippen LogP contribution in [0.15, 0.2) is 48.5 Å². The minimum atomic E-state index is -0.880. The average molecular weight is 340 g/mol. The van der Waals surface area contributed by atoms with Gasteiger partial charge in [0.05, 0.1) is 7.11 Å². The molecule has 2 aromatic carbocycles. The van der Waals surface area contributed by atoms with Gasteiger partial charge < -0.3 is 14.6 Å². The van der Waals surface area contributed by atoms with E-state index in [2.05, 4.69) is 0 Å². The van der Waals surface area contributed by atoms with Crippen LogP contribution in [0.3, 0.4) is 0 Å². The molecule has 1 N–H and O–H groups in total. The van der Waals surface area contributed by atoms with Gasteiger partial charge in [-0.05, 0) is 37.6 Å². The van der Waals surface area contributed by atoms with Crippen molar-refractivity contribution < 1.29 is 24.2 Å². The number of rotatable bonds is 6. The van der Waals surface area contributed by atoms with Crippen LogP contribution in [-0.4, -0.2) is 30.1 Å². The fraction of sp³-hybridized carbons (Fsp3) is 0.200. The van der Waals surface area contributed by atoms with Crippen molar-refractivity contribution in [2.45, 2.75) is 20.0 Å². The molecule has 0 saturated carbocycles.